The van der Waals surface area contributed by atoms with Gasteiger partial charge in [0.15, 0.2) is 0 Å². The van der Waals surface area contributed by atoms with E-state index in [9.17, 15) is 5.26 Å². The van der Waals surface area contributed by atoms with Gasteiger partial charge in [0.1, 0.15) is 17.0 Å². The lowest BCUT2D eigenvalue weighted by Crippen LogP contribution is -2.09. The van der Waals surface area contributed by atoms with E-state index in [0.29, 0.717) is 11.1 Å². The third kappa shape index (κ3) is 4.79. The topological polar surface area (TPSA) is 54.8 Å². The maximum Gasteiger partial charge on any atom is 0.149 e. The van der Waals surface area contributed by atoms with Crippen LogP contribution in [0.1, 0.15) is 56.2 Å². The van der Waals surface area contributed by atoms with E-state index in [4.69, 9.17) is 9.40 Å². The average Bonchev–Trinajstić information content (AvgIpc) is 3.70. The van der Waals surface area contributed by atoms with Crippen LogP contribution < -0.4 is 0 Å². The summed E-state index contributed by atoms with van der Waals surface area (Å²) in [6.45, 7) is 9.06. The molecule has 0 atom stereocenters. The van der Waals surface area contributed by atoms with Crippen molar-refractivity contribution >= 4 is 33.0 Å². The molecule has 48 heavy (non-hydrogen) atoms. The SMILES string of the molecule is CC(C)c1cc(-c2ccccc2)cc(C(C)C)c1-n1c(-c2ccc(C#N)c3c2oc2cc(-c4ccccc4)ccc23)nc2ccccc21. The molecule has 0 unspecified atom stereocenters. The molecule has 0 N–H and O–H groups in total. The lowest BCUT2D eigenvalue weighted by atomic mass is 9.88. The van der Waals surface area contributed by atoms with E-state index in [-0.39, 0.29) is 11.8 Å². The lowest BCUT2D eigenvalue weighted by molar-refractivity contribution is 0.669. The van der Waals surface area contributed by atoms with Crippen molar-refractivity contribution in [2.75, 3.05) is 0 Å². The molecular weight excluding hydrogens is 587 g/mol. The van der Waals surface area contributed by atoms with Crippen molar-refractivity contribution in [3.8, 4) is 45.4 Å². The minimum atomic E-state index is 0.249. The smallest absolute Gasteiger partial charge is 0.149 e. The zero-order valence-electron chi connectivity index (χ0n) is 27.5. The highest BCUT2D eigenvalue weighted by Crippen LogP contribution is 2.43. The molecule has 8 aromatic rings. The number of furan rings is 1. The summed E-state index contributed by atoms with van der Waals surface area (Å²) < 4.78 is 9.09. The lowest BCUT2D eigenvalue weighted by Gasteiger charge is -2.24. The molecule has 0 aliphatic heterocycles. The molecule has 4 nitrogen and oxygen atoms in total. The first-order chi connectivity index (χ1) is 23.4. The predicted molar refractivity (Wildman–Crippen MR) is 198 cm³/mol. The van der Waals surface area contributed by atoms with Crippen LogP contribution in [0, 0.1) is 11.3 Å². The standard InChI is InChI=1S/C44H35N3O/c1-27(2)36-23-33(30-15-9-6-10-16-30)24-37(28(3)4)42(36)47-39-18-12-11-17-38(39)46-44(47)35-22-20-32(26-45)41-34-21-19-31(25-40(34)48-43(35)41)29-13-7-5-8-14-29/h5-25,27-28H,1-4H3. The van der Waals surface area contributed by atoms with Crippen molar-refractivity contribution in [2.45, 2.75) is 39.5 Å². The van der Waals surface area contributed by atoms with Crippen LogP contribution in [-0.2, 0) is 0 Å². The number of para-hydroxylation sites is 2. The molecule has 0 bridgehead atoms. The van der Waals surface area contributed by atoms with E-state index in [1.165, 1.54) is 22.3 Å². The summed E-state index contributed by atoms with van der Waals surface area (Å²) in [4.78, 5) is 5.30. The van der Waals surface area contributed by atoms with Gasteiger partial charge in [-0.15, -0.1) is 0 Å². The quantitative estimate of drug-likeness (QED) is 0.186. The Kier molecular flexibility index (Phi) is 7.19. The number of benzene rings is 6. The summed E-state index contributed by atoms with van der Waals surface area (Å²) in [5.41, 5.74) is 13.1. The molecule has 6 aromatic carbocycles. The second-order valence-corrected chi connectivity index (χ2v) is 13.1. The van der Waals surface area contributed by atoms with Crippen molar-refractivity contribution < 1.29 is 4.42 Å². The highest BCUT2D eigenvalue weighted by atomic mass is 16.3. The first-order valence-electron chi connectivity index (χ1n) is 16.6. The molecule has 0 saturated carbocycles. The summed E-state index contributed by atoms with van der Waals surface area (Å²) >= 11 is 0. The number of nitriles is 1. The molecule has 0 saturated heterocycles. The first-order valence-corrected chi connectivity index (χ1v) is 16.6. The molecular formula is C44H35N3O. The van der Waals surface area contributed by atoms with Gasteiger partial charge in [0.05, 0.1) is 33.9 Å². The van der Waals surface area contributed by atoms with Crippen LogP contribution in [0.3, 0.4) is 0 Å². The summed E-state index contributed by atoms with van der Waals surface area (Å²) in [7, 11) is 0. The monoisotopic (exact) mass is 621 g/mol. The van der Waals surface area contributed by atoms with Crippen molar-refractivity contribution in [1.29, 1.82) is 5.26 Å². The Balaban J connectivity index is 1.45. The molecule has 2 aromatic heterocycles. The Morgan fingerprint density at radius 2 is 1.27 bits per heavy atom. The molecule has 0 amide bonds. The summed E-state index contributed by atoms with van der Waals surface area (Å²) in [5, 5.41) is 12.0. The minimum absolute atomic E-state index is 0.249. The Hall–Kier alpha value is -5.92. The predicted octanol–water partition coefficient (Wildman–Crippen LogP) is 12.0. The highest BCUT2D eigenvalue weighted by Gasteiger charge is 2.26. The minimum Gasteiger partial charge on any atom is -0.455 e. The van der Waals surface area contributed by atoms with Gasteiger partial charge in [-0.25, -0.2) is 4.98 Å². The number of hydrogen-bond donors (Lipinski definition) is 0. The molecule has 2 heterocycles. The van der Waals surface area contributed by atoms with Crippen LogP contribution >= 0.6 is 0 Å². The Labute approximate surface area is 280 Å². The van der Waals surface area contributed by atoms with Gasteiger partial charge in [0.25, 0.3) is 0 Å². The summed E-state index contributed by atoms with van der Waals surface area (Å²) in [6.07, 6.45) is 0. The molecule has 0 spiro atoms. The van der Waals surface area contributed by atoms with Crippen LogP contribution in [-0.4, -0.2) is 9.55 Å². The fourth-order valence-corrected chi connectivity index (χ4v) is 7.01. The number of hydrogen-bond acceptors (Lipinski definition) is 3. The molecule has 232 valence electrons. The van der Waals surface area contributed by atoms with Gasteiger partial charge < -0.3 is 4.42 Å². The van der Waals surface area contributed by atoms with Gasteiger partial charge in [0.2, 0.25) is 0 Å². The van der Waals surface area contributed by atoms with Crippen LogP contribution in [0.2, 0.25) is 0 Å². The largest absolute Gasteiger partial charge is 0.455 e. The Morgan fingerprint density at radius 1 is 0.646 bits per heavy atom. The molecule has 0 aliphatic carbocycles. The summed E-state index contributed by atoms with van der Waals surface area (Å²) in [5.74, 6) is 1.29. The number of rotatable bonds is 6. The van der Waals surface area contributed by atoms with Crippen LogP contribution in [0.4, 0.5) is 0 Å². The third-order valence-corrected chi connectivity index (χ3v) is 9.39. The summed E-state index contributed by atoms with van der Waals surface area (Å²) in [6, 6.07) is 46.5. The van der Waals surface area contributed by atoms with Gasteiger partial charge in [-0.05, 0) is 93.7 Å². The zero-order valence-corrected chi connectivity index (χ0v) is 27.5. The van der Waals surface area contributed by atoms with Crippen LogP contribution in [0.15, 0.2) is 132 Å². The highest BCUT2D eigenvalue weighted by molar-refractivity contribution is 6.13. The van der Waals surface area contributed by atoms with Crippen molar-refractivity contribution in [2.24, 2.45) is 0 Å². The Bertz CT molecular complexity index is 2480. The zero-order chi connectivity index (χ0) is 32.9. The first kappa shape index (κ1) is 29.5. The van der Waals surface area contributed by atoms with E-state index in [1.807, 2.05) is 36.4 Å². The Morgan fingerprint density at radius 3 is 1.92 bits per heavy atom. The second kappa shape index (κ2) is 11.7. The molecule has 8 rings (SSSR count). The van der Waals surface area contributed by atoms with Gasteiger partial charge in [-0.2, -0.15) is 5.26 Å². The van der Waals surface area contributed by atoms with E-state index in [1.54, 1.807) is 0 Å². The number of nitrogens with zero attached hydrogens (tertiary/aromatic N) is 3. The molecule has 0 fully saturated rings. The van der Waals surface area contributed by atoms with Crippen LogP contribution in [0.25, 0.3) is 72.3 Å². The maximum absolute atomic E-state index is 10.3. The maximum atomic E-state index is 10.3. The second-order valence-electron chi connectivity index (χ2n) is 13.1. The van der Waals surface area contributed by atoms with E-state index < -0.39 is 0 Å². The number of fused-ring (bicyclic) bond motifs is 4. The number of aromatic nitrogens is 2. The average molecular weight is 622 g/mol. The van der Waals surface area contributed by atoms with E-state index in [2.05, 4.69) is 129 Å². The fourth-order valence-electron chi connectivity index (χ4n) is 7.01. The number of imidazole rings is 1. The fraction of sp³-hybridized carbons (Fsp3) is 0.136. The van der Waals surface area contributed by atoms with Crippen LogP contribution in [0.5, 0.6) is 0 Å². The van der Waals surface area contributed by atoms with E-state index >= 15 is 0 Å². The van der Waals surface area contributed by atoms with Gasteiger partial charge in [-0.3, -0.25) is 4.57 Å². The molecule has 4 heteroatoms. The molecule has 0 aliphatic rings. The molecule has 0 radical (unpaired) electrons. The van der Waals surface area contributed by atoms with Gasteiger partial charge in [-0.1, -0.05) is 107 Å². The van der Waals surface area contributed by atoms with E-state index in [0.717, 1.165) is 55.6 Å². The normalized spacial score (nSPS) is 11.7. The third-order valence-electron chi connectivity index (χ3n) is 9.39. The van der Waals surface area contributed by atoms with Crippen molar-refractivity contribution in [3.05, 3.63) is 144 Å². The van der Waals surface area contributed by atoms with Gasteiger partial charge in [0, 0.05) is 10.8 Å². The van der Waals surface area contributed by atoms with Crippen molar-refractivity contribution in [1.82, 2.24) is 9.55 Å². The van der Waals surface area contributed by atoms with Crippen molar-refractivity contribution in [3.63, 3.8) is 0 Å². The van der Waals surface area contributed by atoms with Gasteiger partial charge >= 0.3 is 0 Å².